The van der Waals surface area contributed by atoms with E-state index >= 15 is 0 Å². The molecular formula is C12H20N2O. The Morgan fingerprint density at radius 1 is 1.20 bits per heavy atom. The summed E-state index contributed by atoms with van der Waals surface area (Å²) in [6, 6.07) is 0.893. The van der Waals surface area contributed by atoms with E-state index in [0.717, 1.165) is 18.9 Å². The second-order valence-corrected chi connectivity index (χ2v) is 5.44. The summed E-state index contributed by atoms with van der Waals surface area (Å²) in [4.78, 5) is 16.3. The zero-order valence-electron chi connectivity index (χ0n) is 9.54. The van der Waals surface area contributed by atoms with E-state index in [9.17, 15) is 4.79 Å². The molecule has 2 aliphatic heterocycles. The highest BCUT2D eigenvalue weighted by Crippen LogP contribution is 2.40. The summed E-state index contributed by atoms with van der Waals surface area (Å²) in [5.41, 5.74) is 0.239. The third-order valence-corrected chi connectivity index (χ3v) is 4.68. The Hall–Kier alpha value is -0.570. The Morgan fingerprint density at radius 3 is 2.33 bits per heavy atom. The normalized spacial score (nSPS) is 31.5. The van der Waals surface area contributed by atoms with Gasteiger partial charge < -0.3 is 9.80 Å². The molecule has 0 radical (unpaired) electrons. The lowest BCUT2D eigenvalue weighted by Gasteiger charge is -2.43. The van der Waals surface area contributed by atoms with Gasteiger partial charge in [-0.25, -0.2) is 0 Å². The molecule has 2 saturated heterocycles. The minimum Gasteiger partial charge on any atom is -0.340 e. The maximum atomic E-state index is 11.6. The van der Waals surface area contributed by atoms with Crippen LogP contribution in [0, 0.1) is 0 Å². The predicted molar refractivity (Wildman–Crippen MR) is 58.6 cm³/mol. The number of hydrogen-bond acceptors (Lipinski definition) is 2. The van der Waals surface area contributed by atoms with Gasteiger partial charge in [0, 0.05) is 38.1 Å². The van der Waals surface area contributed by atoms with Gasteiger partial charge in [-0.05, 0) is 32.1 Å². The van der Waals surface area contributed by atoms with E-state index < -0.39 is 0 Å². The highest BCUT2D eigenvalue weighted by molar-refractivity contribution is 5.79. The van der Waals surface area contributed by atoms with Crippen molar-refractivity contribution in [3.05, 3.63) is 0 Å². The molecule has 0 N–H and O–H groups in total. The van der Waals surface area contributed by atoms with Gasteiger partial charge in [0.2, 0.25) is 5.91 Å². The molecule has 0 aromatic carbocycles. The van der Waals surface area contributed by atoms with Crippen molar-refractivity contribution in [2.75, 3.05) is 20.1 Å². The molecule has 3 rings (SSSR count). The average molecular weight is 208 g/mol. The molecule has 3 heteroatoms. The van der Waals surface area contributed by atoms with Crippen LogP contribution < -0.4 is 0 Å². The first-order chi connectivity index (χ1) is 7.21. The van der Waals surface area contributed by atoms with Crippen LogP contribution in [-0.4, -0.2) is 47.4 Å². The minimum atomic E-state index is 0.239. The standard InChI is InChI=1S/C12H20N2O/c1-13-11(15)4-5-12(13)6-8-14(9-7-12)10-2-3-10/h10H,2-9H2,1H3. The van der Waals surface area contributed by atoms with Crippen LogP contribution in [0.1, 0.15) is 38.5 Å². The first-order valence-corrected chi connectivity index (χ1v) is 6.22. The van der Waals surface area contributed by atoms with E-state index in [4.69, 9.17) is 0 Å². The third-order valence-electron chi connectivity index (χ3n) is 4.68. The molecule has 84 valence electrons. The first kappa shape index (κ1) is 9.64. The summed E-state index contributed by atoms with van der Waals surface area (Å²) >= 11 is 0. The van der Waals surface area contributed by atoms with Crippen molar-refractivity contribution in [1.29, 1.82) is 0 Å². The highest BCUT2D eigenvalue weighted by atomic mass is 16.2. The number of carbonyl (C=O) groups excluding carboxylic acids is 1. The molecule has 0 unspecified atom stereocenters. The van der Waals surface area contributed by atoms with Crippen LogP contribution in [-0.2, 0) is 4.79 Å². The van der Waals surface area contributed by atoms with Crippen LogP contribution in [0.2, 0.25) is 0 Å². The summed E-state index contributed by atoms with van der Waals surface area (Å²) in [6.45, 7) is 2.42. The monoisotopic (exact) mass is 208 g/mol. The molecule has 1 aliphatic carbocycles. The van der Waals surface area contributed by atoms with Gasteiger partial charge in [-0.15, -0.1) is 0 Å². The maximum absolute atomic E-state index is 11.6. The molecule has 1 spiro atoms. The maximum Gasteiger partial charge on any atom is 0.222 e. The fourth-order valence-electron chi connectivity index (χ4n) is 3.27. The van der Waals surface area contributed by atoms with Crippen molar-refractivity contribution >= 4 is 5.91 Å². The SMILES string of the molecule is CN1C(=O)CCC12CCN(C1CC1)CC2. The molecule has 1 amide bonds. The van der Waals surface area contributed by atoms with Gasteiger partial charge in [0.25, 0.3) is 0 Å². The largest absolute Gasteiger partial charge is 0.340 e. The topological polar surface area (TPSA) is 23.6 Å². The van der Waals surface area contributed by atoms with Crippen molar-refractivity contribution in [3.63, 3.8) is 0 Å². The number of piperidine rings is 1. The molecular weight excluding hydrogens is 188 g/mol. The fourth-order valence-corrected chi connectivity index (χ4v) is 3.27. The molecule has 3 fully saturated rings. The molecule has 15 heavy (non-hydrogen) atoms. The summed E-state index contributed by atoms with van der Waals surface area (Å²) in [7, 11) is 2.00. The van der Waals surface area contributed by atoms with E-state index in [1.165, 1.54) is 38.8 Å². The van der Waals surface area contributed by atoms with Gasteiger partial charge in [0.1, 0.15) is 0 Å². The Balaban J connectivity index is 1.67. The van der Waals surface area contributed by atoms with Crippen LogP contribution in [0.5, 0.6) is 0 Å². The number of amides is 1. The van der Waals surface area contributed by atoms with Crippen LogP contribution in [0.3, 0.4) is 0 Å². The lowest BCUT2D eigenvalue weighted by molar-refractivity contribution is -0.130. The summed E-state index contributed by atoms with van der Waals surface area (Å²) in [5.74, 6) is 0.356. The van der Waals surface area contributed by atoms with Gasteiger partial charge >= 0.3 is 0 Å². The Kier molecular flexibility index (Phi) is 2.06. The second kappa shape index (κ2) is 3.21. The van der Waals surface area contributed by atoms with Gasteiger partial charge in [0.05, 0.1) is 0 Å². The van der Waals surface area contributed by atoms with Crippen LogP contribution in [0.25, 0.3) is 0 Å². The van der Waals surface area contributed by atoms with Crippen LogP contribution in [0.15, 0.2) is 0 Å². The van der Waals surface area contributed by atoms with E-state index in [0.29, 0.717) is 5.91 Å². The lowest BCUT2D eigenvalue weighted by Crippen LogP contribution is -2.52. The van der Waals surface area contributed by atoms with E-state index in [2.05, 4.69) is 4.90 Å². The number of likely N-dealkylation sites (tertiary alicyclic amines) is 2. The predicted octanol–water partition coefficient (Wildman–Crippen LogP) is 1.24. The van der Waals surface area contributed by atoms with E-state index in [1.807, 2.05) is 11.9 Å². The number of rotatable bonds is 1. The summed E-state index contributed by atoms with van der Waals surface area (Å²) in [5, 5.41) is 0. The zero-order chi connectivity index (χ0) is 10.5. The smallest absolute Gasteiger partial charge is 0.222 e. The first-order valence-electron chi connectivity index (χ1n) is 6.22. The van der Waals surface area contributed by atoms with Crippen molar-refractivity contribution < 1.29 is 4.79 Å². The zero-order valence-corrected chi connectivity index (χ0v) is 9.54. The van der Waals surface area contributed by atoms with Gasteiger partial charge in [-0.1, -0.05) is 0 Å². The van der Waals surface area contributed by atoms with Crippen molar-refractivity contribution in [1.82, 2.24) is 9.80 Å². The molecule has 0 bridgehead atoms. The molecule has 0 atom stereocenters. The molecule has 3 nitrogen and oxygen atoms in total. The number of carbonyl (C=O) groups is 1. The number of nitrogens with zero attached hydrogens (tertiary/aromatic N) is 2. The quantitative estimate of drug-likeness (QED) is 0.647. The minimum absolute atomic E-state index is 0.239. The Bertz CT molecular complexity index is 277. The van der Waals surface area contributed by atoms with Gasteiger partial charge in [-0.2, -0.15) is 0 Å². The summed E-state index contributed by atoms with van der Waals surface area (Å²) in [6.07, 6.45) is 7.09. The molecule has 0 aromatic rings. The lowest BCUT2D eigenvalue weighted by atomic mass is 9.85. The van der Waals surface area contributed by atoms with Crippen molar-refractivity contribution in [2.45, 2.75) is 50.1 Å². The van der Waals surface area contributed by atoms with E-state index in [1.54, 1.807) is 0 Å². The van der Waals surface area contributed by atoms with Gasteiger partial charge in [0.15, 0.2) is 0 Å². The molecule has 3 aliphatic rings. The van der Waals surface area contributed by atoms with Crippen molar-refractivity contribution in [3.8, 4) is 0 Å². The summed E-state index contributed by atoms with van der Waals surface area (Å²) < 4.78 is 0. The Morgan fingerprint density at radius 2 is 1.87 bits per heavy atom. The molecule has 0 aromatic heterocycles. The average Bonchev–Trinajstić information content (AvgIpc) is 3.06. The van der Waals surface area contributed by atoms with Crippen LogP contribution in [0.4, 0.5) is 0 Å². The number of hydrogen-bond donors (Lipinski definition) is 0. The van der Waals surface area contributed by atoms with Gasteiger partial charge in [-0.3, -0.25) is 4.79 Å². The third kappa shape index (κ3) is 1.48. The molecule has 1 saturated carbocycles. The Labute approximate surface area is 91.4 Å². The highest BCUT2D eigenvalue weighted by Gasteiger charge is 2.46. The van der Waals surface area contributed by atoms with Crippen molar-refractivity contribution in [2.24, 2.45) is 0 Å². The second-order valence-electron chi connectivity index (χ2n) is 5.44. The van der Waals surface area contributed by atoms with Crippen LogP contribution >= 0.6 is 0 Å². The fraction of sp³-hybridized carbons (Fsp3) is 0.917. The van der Waals surface area contributed by atoms with E-state index in [-0.39, 0.29) is 5.54 Å². The molecule has 2 heterocycles.